The summed E-state index contributed by atoms with van der Waals surface area (Å²) in [7, 11) is 0. The van der Waals surface area contributed by atoms with Gasteiger partial charge >= 0.3 is 0 Å². The second kappa shape index (κ2) is 19.3. The molecule has 4 aromatic carbocycles. The van der Waals surface area contributed by atoms with Crippen molar-refractivity contribution in [2.24, 2.45) is 20.0 Å². The van der Waals surface area contributed by atoms with Crippen molar-refractivity contribution in [2.45, 2.75) is 152 Å². The summed E-state index contributed by atoms with van der Waals surface area (Å²) in [6.07, 6.45) is 23.6. The molecule has 0 amide bonds. The highest BCUT2D eigenvalue weighted by molar-refractivity contribution is 5.71. The fourth-order valence-electron chi connectivity index (χ4n) is 10.5. The van der Waals surface area contributed by atoms with Crippen LogP contribution in [-0.2, 0) is 0 Å². The lowest BCUT2D eigenvalue weighted by Gasteiger charge is -2.24. The summed E-state index contributed by atoms with van der Waals surface area (Å²) >= 11 is 0. The van der Waals surface area contributed by atoms with Crippen LogP contribution in [0.15, 0.2) is 92.8 Å². The normalized spacial score (nSPS) is 19.9. The minimum absolute atomic E-state index is 0.00737. The van der Waals surface area contributed by atoms with Gasteiger partial charge in [-0.2, -0.15) is 20.0 Å². The van der Waals surface area contributed by atoms with Gasteiger partial charge in [0.1, 0.15) is 34.8 Å². The largest absolute Gasteiger partial charge is 0.455 e. The van der Waals surface area contributed by atoms with Crippen molar-refractivity contribution in [3.63, 3.8) is 0 Å². The number of benzene rings is 4. The number of hydrogen-bond acceptors (Lipinski definition) is 8. The number of nitrogens with zero attached hydrogens (tertiary/aromatic N) is 4. The maximum atomic E-state index is 6.52. The Hall–Kier alpha value is -5.16. The van der Waals surface area contributed by atoms with Crippen LogP contribution in [0.4, 0.5) is 22.7 Å². The van der Waals surface area contributed by atoms with Gasteiger partial charge in [-0.1, -0.05) is 126 Å². The first-order chi connectivity index (χ1) is 29.3. The van der Waals surface area contributed by atoms with E-state index in [1.807, 2.05) is 36.4 Å². The molecule has 1 aliphatic heterocycles. The standard InChI is InChI=1S/C51H58N4O4/c1-5-17-36(18-6-1)40-25-13-29-44-48(40)52-33-54-50-42(38-21-9-3-10-22-38)27-15-31-46(50)58-59-47-32-16-28-43(39-23-11-4-12-24-39)51(47)55-34-53-49-41(37-19-7-2-8-20-37)26-14-30-45(49)57-35-56-44/h13-16,25-32,36-39H,1-12,17-24,35H2. The number of ether oxygens (including phenoxy) is 2. The molecule has 0 bridgehead atoms. The average Bonchev–Trinajstić information content (AvgIpc) is 3.30. The van der Waals surface area contributed by atoms with E-state index < -0.39 is 0 Å². The van der Waals surface area contributed by atoms with Crippen molar-refractivity contribution in [2.75, 3.05) is 6.79 Å². The number of hydrogen-bond donors (Lipinski definition) is 0. The molecule has 0 saturated heterocycles. The highest BCUT2D eigenvalue weighted by Gasteiger charge is 2.26. The Labute approximate surface area is 349 Å². The molecule has 8 heteroatoms. The fraction of sp³-hybridized carbons (Fsp3) is 0.490. The Morgan fingerprint density at radius 1 is 0.339 bits per heavy atom. The predicted octanol–water partition coefficient (Wildman–Crippen LogP) is 15.3. The Morgan fingerprint density at radius 3 is 0.915 bits per heavy atom. The topological polar surface area (TPSA) is 86.4 Å². The molecule has 4 saturated carbocycles. The maximum absolute atomic E-state index is 6.52. The van der Waals surface area contributed by atoms with Gasteiger partial charge in [-0.05, 0) is 122 Å². The van der Waals surface area contributed by atoms with Crippen molar-refractivity contribution in [1.29, 1.82) is 0 Å². The summed E-state index contributed by atoms with van der Waals surface area (Å²) in [6, 6.07) is 31.1. The first-order valence-corrected chi connectivity index (χ1v) is 22.7. The van der Waals surface area contributed by atoms with Crippen LogP contribution in [0.2, 0.25) is 0 Å². The zero-order chi connectivity index (χ0) is 39.6. The molecular formula is C51H58N4O4. The zero-order valence-corrected chi connectivity index (χ0v) is 34.5. The highest BCUT2D eigenvalue weighted by atomic mass is 17.2. The van der Waals surface area contributed by atoms with E-state index in [0.29, 0.717) is 58.0 Å². The van der Waals surface area contributed by atoms with Gasteiger partial charge in [-0.25, -0.2) is 0 Å². The van der Waals surface area contributed by atoms with Crippen molar-refractivity contribution in [3.8, 4) is 23.0 Å². The van der Waals surface area contributed by atoms with Crippen molar-refractivity contribution in [3.05, 3.63) is 95.1 Å². The molecule has 0 aromatic heterocycles. The Balaban J connectivity index is 1.19. The molecule has 306 valence electrons. The molecule has 8 nitrogen and oxygen atoms in total. The SMILES string of the molecule is C1=Nc2c(cccc2C2CCCCC2)OCOc2cccc(C3CCCCC3)c2N=C=Nc2c(cccc2C2CCCCC2)OOc2cccc(C3CCCCC3)c2N=1. The van der Waals surface area contributed by atoms with Crippen LogP contribution in [-0.4, -0.2) is 18.8 Å². The summed E-state index contributed by atoms with van der Waals surface area (Å²) in [6.45, 7) is -0.00737. The van der Waals surface area contributed by atoms with E-state index in [1.165, 1.54) is 88.2 Å². The number of aliphatic imine (C=N–C) groups is 4. The van der Waals surface area contributed by atoms with Crippen LogP contribution in [0, 0.1) is 0 Å². The minimum atomic E-state index is -0.00737. The molecule has 4 aromatic rings. The summed E-state index contributed by atoms with van der Waals surface area (Å²) in [4.78, 5) is 32.7. The van der Waals surface area contributed by atoms with Gasteiger partial charge in [-0.15, -0.1) is 0 Å². The molecule has 1 heterocycles. The molecule has 4 aliphatic carbocycles. The average molecular weight is 791 g/mol. The van der Waals surface area contributed by atoms with Crippen LogP contribution >= 0.6 is 0 Å². The van der Waals surface area contributed by atoms with Crippen molar-refractivity contribution >= 4 is 34.8 Å². The van der Waals surface area contributed by atoms with Gasteiger partial charge in [0, 0.05) is 0 Å². The van der Waals surface area contributed by atoms with E-state index in [-0.39, 0.29) is 6.79 Å². The van der Waals surface area contributed by atoms with Crippen LogP contribution < -0.4 is 19.2 Å². The molecule has 0 unspecified atom stereocenters. The van der Waals surface area contributed by atoms with Crippen LogP contribution in [0.3, 0.4) is 0 Å². The third-order valence-electron chi connectivity index (χ3n) is 13.6. The quantitative estimate of drug-likeness (QED) is 0.193. The summed E-state index contributed by atoms with van der Waals surface area (Å²) in [5.41, 5.74) is 7.51. The first-order valence-electron chi connectivity index (χ1n) is 22.7. The second-order valence-electron chi connectivity index (χ2n) is 17.3. The summed E-state index contributed by atoms with van der Waals surface area (Å²) in [5.74, 6) is 3.86. The van der Waals surface area contributed by atoms with E-state index in [1.54, 1.807) is 0 Å². The van der Waals surface area contributed by atoms with Gasteiger partial charge in [0.15, 0.2) is 11.5 Å². The fourth-order valence-corrected chi connectivity index (χ4v) is 10.5. The number of rotatable bonds is 4. The molecule has 0 radical (unpaired) electrons. The molecular weight excluding hydrogens is 733 g/mol. The van der Waals surface area contributed by atoms with Gasteiger partial charge in [0.2, 0.25) is 18.3 Å². The Morgan fingerprint density at radius 2 is 0.610 bits per heavy atom. The zero-order valence-electron chi connectivity index (χ0n) is 34.5. The third kappa shape index (κ3) is 9.20. The molecule has 4 fully saturated rings. The van der Waals surface area contributed by atoms with Crippen molar-refractivity contribution < 1.29 is 19.2 Å². The third-order valence-corrected chi connectivity index (χ3v) is 13.6. The molecule has 0 N–H and O–H groups in total. The van der Waals surface area contributed by atoms with Gasteiger partial charge < -0.3 is 9.47 Å². The van der Waals surface area contributed by atoms with E-state index in [0.717, 1.165) is 73.9 Å². The van der Waals surface area contributed by atoms with Gasteiger partial charge in [0.25, 0.3) is 0 Å². The predicted molar refractivity (Wildman–Crippen MR) is 235 cm³/mol. The van der Waals surface area contributed by atoms with E-state index >= 15 is 0 Å². The van der Waals surface area contributed by atoms with Crippen molar-refractivity contribution in [1.82, 2.24) is 0 Å². The summed E-state index contributed by atoms with van der Waals surface area (Å²) in [5, 5.41) is 0. The molecule has 5 aliphatic rings. The monoisotopic (exact) mass is 790 g/mol. The first kappa shape index (κ1) is 39.3. The maximum Gasteiger partial charge on any atom is 0.231 e. The summed E-state index contributed by atoms with van der Waals surface area (Å²) < 4.78 is 13.0. The Kier molecular flexibility index (Phi) is 12.8. The smallest absolute Gasteiger partial charge is 0.231 e. The number of fused-ring (bicyclic) bond motifs is 4. The molecule has 0 atom stereocenters. The molecule has 0 spiro atoms. The van der Waals surface area contributed by atoms with Crippen LogP contribution in [0.1, 0.15) is 174 Å². The van der Waals surface area contributed by atoms with Gasteiger partial charge in [0.05, 0.1) is 0 Å². The van der Waals surface area contributed by atoms with E-state index in [4.69, 9.17) is 39.2 Å². The van der Waals surface area contributed by atoms with Crippen LogP contribution in [0.5, 0.6) is 23.0 Å². The van der Waals surface area contributed by atoms with Gasteiger partial charge in [-0.3, -0.25) is 9.78 Å². The second-order valence-corrected chi connectivity index (χ2v) is 17.3. The lowest BCUT2D eigenvalue weighted by molar-refractivity contribution is -0.0987. The Bertz CT molecular complexity index is 2040. The number of para-hydroxylation sites is 4. The lowest BCUT2D eigenvalue weighted by atomic mass is 9.83. The minimum Gasteiger partial charge on any atom is -0.455 e. The highest BCUT2D eigenvalue weighted by Crippen LogP contribution is 2.47. The lowest BCUT2D eigenvalue weighted by Crippen LogP contribution is -2.09. The van der Waals surface area contributed by atoms with E-state index in [2.05, 4.69) is 48.4 Å². The molecule has 59 heavy (non-hydrogen) atoms. The van der Waals surface area contributed by atoms with Crippen LogP contribution in [0.25, 0.3) is 0 Å². The van der Waals surface area contributed by atoms with E-state index in [9.17, 15) is 0 Å². The molecule has 9 rings (SSSR count).